The van der Waals surface area contributed by atoms with Crippen molar-refractivity contribution in [3.63, 3.8) is 0 Å². The lowest BCUT2D eigenvalue weighted by molar-refractivity contribution is -0.131. The zero-order chi connectivity index (χ0) is 15.6. The van der Waals surface area contributed by atoms with E-state index in [1.54, 1.807) is 18.2 Å². The van der Waals surface area contributed by atoms with E-state index in [1.165, 1.54) is 28.3 Å². The molecule has 0 aliphatic rings. The van der Waals surface area contributed by atoms with E-state index in [0.717, 1.165) is 0 Å². The topological polar surface area (TPSA) is 74.2 Å². The Morgan fingerprint density at radius 2 is 1.67 bits per heavy atom. The minimum atomic E-state index is -0.520. The number of benzene rings is 2. The van der Waals surface area contributed by atoms with Crippen LogP contribution in [0.5, 0.6) is 28.7 Å². The van der Waals surface area contributed by atoms with Gasteiger partial charge in [0.25, 0.3) is 0 Å². The van der Waals surface area contributed by atoms with Crippen LogP contribution in [0.25, 0.3) is 10.8 Å². The zero-order valence-electron chi connectivity index (χ0n) is 12.2. The average molecular weight is 292 g/mol. The number of methoxy groups -OCH3 is 3. The van der Waals surface area contributed by atoms with Crippen molar-refractivity contribution in [2.75, 3.05) is 21.3 Å². The van der Waals surface area contributed by atoms with E-state index in [1.807, 2.05) is 0 Å². The van der Waals surface area contributed by atoms with Gasteiger partial charge in [0.1, 0.15) is 5.75 Å². The first kappa shape index (κ1) is 14.8. The molecule has 1 N–H and O–H groups in total. The summed E-state index contributed by atoms with van der Waals surface area (Å²) in [6.07, 6.45) is 0. The minimum absolute atomic E-state index is 0.0921. The van der Waals surface area contributed by atoms with Crippen LogP contribution in [0, 0.1) is 0 Å². The van der Waals surface area contributed by atoms with E-state index < -0.39 is 5.97 Å². The molecule has 0 aliphatic heterocycles. The molecular weight excluding hydrogens is 276 g/mol. The molecule has 0 atom stereocenters. The van der Waals surface area contributed by atoms with Gasteiger partial charge in [-0.05, 0) is 6.07 Å². The third-order valence-electron chi connectivity index (χ3n) is 3.01. The summed E-state index contributed by atoms with van der Waals surface area (Å²) >= 11 is 0. The summed E-state index contributed by atoms with van der Waals surface area (Å²) in [7, 11) is 4.27. The first-order valence-corrected chi connectivity index (χ1v) is 6.17. The van der Waals surface area contributed by atoms with Crippen LogP contribution in [0.4, 0.5) is 0 Å². The Morgan fingerprint density at radius 3 is 2.19 bits per heavy atom. The van der Waals surface area contributed by atoms with Crippen LogP contribution < -0.4 is 18.9 Å². The van der Waals surface area contributed by atoms with E-state index in [0.29, 0.717) is 16.5 Å². The van der Waals surface area contributed by atoms with Gasteiger partial charge in [-0.25, -0.2) is 0 Å². The first-order chi connectivity index (χ1) is 10.0. The summed E-state index contributed by atoms with van der Waals surface area (Å²) in [6, 6.07) is 5.08. The number of rotatable bonds is 4. The second-order valence-corrected chi connectivity index (χ2v) is 4.22. The monoisotopic (exact) mass is 292 g/mol. The fraction of sp³-hybridized carbons (Fsp3) is 0.267. The van der Waals surface area contributed by atoms with Gasteiger partial charge in [0.05, 0.1) is 26.7 Å². The van der Waals surface area contributed by atoms with Crippen LogP contribution >= 0.6 is 0 Å². The smallest absolute Gasteiger partial charge is 0.308 e. The van der Waals surface area contributed by atoms with Gasteiger partial charge < -0.3 is 24.1 Å². The highest BCUT2D eigenvalue weighted by Crippen LogP contribution is 2.52. The molecule has 6 heteroatoms. The number of esters is 1. The molecular formula is C15H16O6. The van der Waals surface area contributed by atoms with Gasteiger partial charge in [-0.2, -0.15) is 0 Å². The number of aromatic hydroxyl groups is 1. The van der Waals surface area contributed by atoms with Crippen molar-refractivity contribution >= 4 is 16.7 Å². The molecule has 0 saturated heterocycles. The van der Waals surface area contributed by atoms with E-state index in [2.05, 4.69) is 0 Å². The predicted molar refractivity (Wildman–Crippen MR) is 76.6 cm³/mol. The van der Waals surface area contributed by atoms with Gasteiger partial charge in [0, 0.05) is 12.3 Å². The summed E-state index contributed by atoms with van der Waals surface area (Å²) in [5.74, 6) is 0.177. The SMILES string of the molecule is COc1c(OC)c(OC(C)=O)c2c(OC)cccc2c1O. The summed E-state index contributed by atoms with van der Waals surface area (Å²) in [5, 5.41) is 11.2. The molecule has 21 heavy (non-hydrogen) atoms. The van der Waals surface area contributed by atoms with E-state index >= 15 is 0 Å². The molecule has 0 unspecified atom stereocenters. The maximum absolute atomic E-state index is 11.4. The fourth-order valence-corrected chi connectivity index (χ4v) is 2.20. The third kappa shape index (κ3) is 2.40. The Morgan fingerprint density at radius 1 is 1.00 bits per heavy atom. The lowest BCUT2D eigenvalue weighted by Gasteiger charge is -2.18. The third-order valence-corrected chi connectivity index (χ3v) is 3.01. The predicted octanol–water partition coefficient (Wildman–Crippen LogP) is 2.50. The first-order valence-electron chi connectivity index (χ1n) is 6.17. The number of ether oxygens (including phenoxy) is 4. The van der Waals surface area contributed by atoms with Crippen molar-refractivity contribution in [1.29, 1.82) is 0 Å². The summed E-state index contributed by atoms with van der Waals surface area (Å²) in [5.41, 5.74) is 0. The Kier molecular flexibility index (Phi) is 4.07. The minimum Gasteiger partial charge on any atom is -0.504 e. The van der Waals surface area contributed by atoms with Crippen molar-refractivity contribution in [2.45, 2.75) is 6.92 Å². The van der Waals surface area contributed by atoms with Crippen LogP contribution in [-0.2, 0) is 4.79 Å². The maximum atomic E-state index is 11.4. The lowest BCUT2D eigenvalue weighted by atomic mass is 10.1. The average Bonchev–Trinajstić information content (AvgIpc) is 2.48. The summed E-state index contributed by atoms with van der Waals surface area (Å²) in [6.45, 7) is 1.28. The number of carbonyl (C=O) groups excluding carboxylic acids is 1. The largest absolute Gasteiger partial charge is 0.504 e. The molecule has 0 aromatic heterocycles. The Labute approximate surface area is 121 Å². The molecule has 0 radical (unpaired) electrons. The van der Waals surface area contributed by atoms with Gasteiger partial charge in [-0.1, -0.05) is 12.1 Å². The Balaban J connectivity index is 2.97. The second kappa shape index (κ2) is 5.78. The van der Waals surface area contributed by atoms with Gasteiger partial charge >= 0.3 is 5.97 Å². The maximum Gasteiger partial charge on any atom is 0.308 e. The molecule has 0 spiro atoms. The number of hydrogen-bond acceptors (Lipinski definition) is 6. The van der Waals surface area contributed by atoms with E-state index in [-0.39, 0.29) is 23.0 Å². The van der Waals surface area contributed by atoms with Gasteiger partial charge in [0.15, 0.2) is 11.5 Å². The molecule has 112 valence electrons. The normalized spacial score (nSPS) is 10.3. The number of phenolic OH excluding ortho intramolecular Hbond substituents is 1. The number of hydrogen-bond donors (Lipinski definition) is 1. The Hall–Kier alpha value is -2.63. The molecule has 0 heterocycles. The summed E-state index contributed by atoms with van der Waals surface area (Å²) < 4.78 is 20.9. The van der Waals surface area contributed by atoms with Crippen LogP contribution in [0.1, 0.15) is 6.92 Å². The molecule has 6 nitrogen and oxygen atoms in total. The number of carbonyl (C=O) groups is 1. The molecule has 2 aromatic rings. The van der Waals surface area contributed by atoms with Gasteiger partial charge in [-0.15, -0.1) is 0 Å². The molecule has 0 aliphatic carbocycles. The number of fused-ring (bicyclic) bond motifs is 1. The molecule has 0 amide bonds. The number of phenols is 1. The van der Waals surface area contributed by atoms with Crippen LogP contribution in [0.15, 0.2) is 18.2 Å². The standard InChI is InChI=1S/C15H16O6/c1-8(16)21-13-11-9(6-5-7-10(11)18-2)12(17)14(19-3)15(13)20-4/h5-7,17H,1-4H3. The fourth-order valence-electron chi connectivity index (χ4n) is 2.20. The van der Waals surface area contributed by atoms with Crippen molar-refractivity contribution in [2.24, 2.45) is 0 Å². The van der Waals surface area contributed by atoms with Gasteiger partial charge in [-0.3, -0.25) is 4.79 Å². The van der Waals surface area contributed by atoms with Crippen molar-refractivity contribution in [1.82, 2.24) is 0 Å². The molecule has 2 rings (SSSR count). The van der Waals surface area contributed by atoms with Crippen molar-refractivity contribution in [3.05, 3.63) is 18.2 Å². The van der Waals surface area contributed by atoms with Gasteiger partial charge in [0.2, 0.25) is 11.5 Å². The van der Waals surface area contributed by atoms with Crippen LogP contribution in [0.2, 0.25) is 0 Å². The highest BCUT2D eigenvalue weighted by molar-refractivity contribution is 6.03. The summed E-state index contributed by atoms with van der Waals surface area (Å²) in [4.78, 5) is 11.4. The second-order valence-electron chi connectivity index (χ2n) is 4.22. The molecule has 0 fully saturated rings. The van der Waals surface area contributed by atoms with Crippen molar-refractivity contribution < 1.29 is 28.8 Å². The lowest BCUT2D eigenvalue weighted by Crippen LogP contribution is -2.05. The molecule has 0 bridgehead atoms. The van der Waals surface area contributed by atoms with E-state index in [4.69, 9.17) is 18.9 Å². The quantitative estimate of drug-likeness (QED) is 0.689. The molecule has 2 aromatic carbocycles. The molecule has 0 saturated carbocycles. The highest BCUT2D eigenvalue weighted by Gasteiger charge is 2.25. The van der Waals surface area contributed by atoms with Crippen LogP contribution in [-0.4, -0.2) is 32.4 Å². The van der Waals surface area contributed by atoms with Crippen molar-refractivity contribution in [3.8, 4) is 28.7 Å². The van der Waals surface area contributed by atoms with E-state index in [9.17, 15) is 9.90 Å². The Bertz CT molecular complexity index is 692. The van der Waals surface area contributed by atoms with Crippen LogP contribution in [0.3, 0.4) is 0 Å². The zero-order valence-corrected chi connectivity index (χ0v) is 12.2. The highest BCUT2D eigenvalue weighted by atomic mass is 16.6.